The second-order valence-electron chi connectivity index (χ2n) is 7.52. The van der Waals surface area contributed by atoms with Crippen molar-refractivity contribution in [3.63, 3.8) is 0 Å². The molecule has 1 aliphatic heterocycles. The molecule has 0 radical (unpaired) electrons. The Labute approximate surface area is 190 Å². The quantitative estimate of drug-likeness (QED) is 0.473. The summed E-state index contributed by atoms with van der Waals surface area (Å²) in [5.41, 5.74) is 3.55. The molecule has 0 saturated heterocycles. The Balaban J connectivity index is 1.53. The van der Waals surface area contributed by atoms with E-state index in [-0.39, 0.29) is 5.91 Å². The highest BCUT2D eigenvalue weighted by atomic mass is 16.5. The van der Waals surface area contributed by atoms with Crippen LogP contribution in [0.2, 0.25) is 0 Å². The van der Waals surface area contributed by atoms with Gasteiger partial charge >= 0.3 is 0 Å². The molecule has 33 heavy (non-hydrogen) atoms. The number of hydrogen-bond acceptors (Lipinski definition) is 7. The van der Waals surface area contributed by atoms with Gasteiger partial charge in [-0.05, 0) is 41.1 Å². The van der Waals surface area contributed by atoms with E-state index in [1.165, 1.54) is 0 Å². The van der Waals surface area contributed by atoms with Crippen LogP contribution in [0.25, 0.3) is 0 Å². The summed E-state index contributed by atoms with van der Waals surface area (Å²) in [4.78, 5) is 17.5. The number of hydrogen-bond donors (Lipinski definition) is 2. The lowest BCUT2D eigenvalue weighted by Crippen LogP contribution is -2.31. The number of ether oxygens (including phenoxy) is 1. The molecule has 5 rings (SSSR count). The van der Waals surface area contributed by atoms with E-state index < -0.39 is 6.04 Å². The molecule has 0 saturated carbocycles. The van der Waals surface area contributed by atoms with E-state index in [1.54, 1.807) is 29.2 Å². The normalized spacial score (nSPS) is 14.9. The van der Waals surface area contributed by atoms with Gasteiger partial charge in [0.25, 0.3) is 5.91 Å². The maximum atomic E-state index is 13.4. The van der Waals surface area contributed by atoms with Crippen molar-refractivity contribution in [3.05, 3.63) is 102 Å². The lowest BCUT2D eigenvalue weighted by Gasteiger charge is -2.29. The highest BCUT2D eigenvalue weighted by Gasteiger charge is 2.35. The Morgan fingerprint density at radius 3 is 2.73 bits per heavy atom. The maximum absolute atomic E-state index is 13.4. The summed E-state index contributed by atoms with van der Waals surface area (Å²) < 4.78 is 7.78. The van der Waals surface area contributed by atoms with E-state index in [0.717, 1.165) is 11.1 Å². The van der Waals surface area contributed by atoms with E-state index in [0.29, 0.717) is 35.3 Å². The number of nitrogens with zero attached hydrogens (tertiary/aromatic N) is 5. The fourth-order valence-corrected chi connectivity index (χ4v) is 3.80. The Morgan fingerprint density at radius 1 is 1.09 bits per heavy atom. The minimum absolute atomic E-state index is 0.281. The third-order valence-corrected chi connectivity index (χ3v) is 5.33. The minimum Gasteiger partial charge on any atom is -0.489 e. The van der Waals surface area contributed by atoms with Crippen LogP contribution in [0.15, 0.2) is 90.4 Å². The molecular formula is C24H21N7O2. The predicted molar refractivity (Wildman–Crippen MR) is 122 cm³/mol. The Hall–Kier alpha value is -4.53. The van der Waals surface area contributed by atoms with Crippen LogP contribution >= 0.6 is 0 Å². The van der Waals surface area contributed by atoms with E-state index in [1.807, 2.05) is 61.5 Å². The molecule has 0 fully saturated rings. The maximum Gasteiger partial charge on any atom is 0.255 e. The molecule has 2 aromatic carbocycles. The first kappa shape index (κ1) is 20.4. The number of aromatic nitrogens is 5. The third kappa shape index (κ3) is 4.16. The third-order valence-electron chi connectivity index (χ3n) is 5.33. The van der Waals surface area contributed by atoms with Crippen molar-refractivity contribution in [1.29, 1.82) is 0 Å². The summed E-state index contributed by atoms with van der Waals surface area (Å²) in [6.07, 6.45) is 3.25. The van der Waals surface area contributed by atoms with Crippen LogP contribution in [0.3, 0.4) is 0 Å². The summed E-state index contributed by atoms with van der Waals surface area (Å²) in [5, 5.41) is 18.1. The standard InChI is InChI=1S/C24H21N7O2/c1-16-21(23(32)27-18-10-7-13-25-14-18)22(31-24(26-16)28-29-30-31)19-11-5-6-12-20(19)33-15-17-8-3-2-4-9-17/h2-14,22H,15H2,1H3,(H,27,32)(H,26,28,30)/t22-/m1/s1. The first-order valence-electron chi connectivity index (χ1n) is 10.4. The monoisotopic (exact) mass is 439 g/mol. The van der Waals surface area contributed by atoms with E-state index in [9.17, 15) is 4.79 Å². The Kier molecular flexibility index (Phi) is 5.50. The zero-order valence-electron chi connectivity index (χ0n) is 17.8. The average molecular weight is 439 g/mol. The van der Waals surface area contributed by atoms with Crippen molar-refractivity contribution in [3.8, 4) is 5.75 Å². The minimum atomic E-state index is -0.583. The van der Waals surface area contributed by atoms with Crippen LogP contribution in [0.5, 0.6) is 5.75 Å². The number of benzene rings is 2. The van der Waals surface area contributed by atoms with Gasteiger partial charge in [0, 0.05) is 17.5 Å². The summed E-state index contributed by atoms with van der Waals surface area (Å²) >= 11 is 0. The van der Waals surface area contributed by atoms with Gasteiger partial charge in [-0.2, -0.15) is 4.68 Å². The molecule has 4 aromatic rings. The number of fused-ring (bicyclic) bond motifs is 1. The molecule has 2 aromatic heterocycles. The molecule has 2 N–H and O–H groups in total. The number of amides is 1. The van der Waals surface area contributed by atoms with Crippen molar-refractivity contribution in [1.82, 2.24) is 25.2 Å². The molecule has 1 atom stereocenters. The molecule has 0 spiro atoms. The number of allylic oxidation sites excluding steroid dienone is 1. The van der Waals surface area contributed by atoms with Crippen molar-refractivity contribution < 1.29 is 9.53 Å². The zero-order chi connectivity index (χ0) is 22.6. The molecular weight excluding hydrogens is 418 g/mol. The van der Waals surface area contributed by atoms with Crippen molar-refractivity contribution >= 4 is 17.5 Å². The second kappa shape index (κ2) is 8.91. The molecule has 164 valence electrons. The van der Waals surface area contributed by atoms with Crippen molar-refractivity contribution in [2.24, 2.45) is 0 Å². The topological polar surface area (TPSA) is 107 Å². The highest BCUT2D eigenvalue weighted by molar-refractivity contribution is 6.06. The number of anilines is 2. The molecule has 0 aliphatic carbocycles. The number of para-hydroxylation sites is 1. The second-order valence-corrected chi connectivity index (χ2v) is 7.52. The van der Waals surface area contributed by atoms with Gasteiger partial charge in [-0.1, -0.05) is 53.6 Å². The van der Waals surface area contributed by atoms with Gasteiger partial charge in [-0.25, -0.2) is 0 Å². The molecule has 9 nitrogen and oxygen atoms in total. The van der Waals surface area contributed by atoms with Gasteiger partial charge in [0.1, 0.15) is 18.4 Å². The SMILES string of the molecule is CC1=C(C(=O)Nc2cccnc2)[C@@H](c2ccccc2OCc2ccccc2)n2nnnc2N1. The van der Waals surface area contributed by atoms with Gasteiger partial charge < -0.3 is 15.4 Å². The number of tetrazole rings is 1. The molecule has 0 unspecified atom stereocenters. The predicted octanol–water partition coefficient (Wildman–Crippen LogP) is 3.57. The smallest absolute Gasteiger partial charge is 0.255 e. The van der Waals surface area contributed by atoms with Crippen LogP contribution in [0.1, 0.15) is 24.1 Å². The van der Waals surface area contributed by atoms with Crippen LogP contribution in [-0.2, 0) is 11.4 Å². The number of carbonyl (C=O) groups is 1. The number of pyridine rings is 1. The van der Waals surface area contributed by atoms with Gasteiger partial charge in [-0.3, -0.25) is 9.78 Å². The number of carbonyl (C=O) groups excluding carboxylic acids is 1. The lowest BCUT2D eigenvalue weighted by atomic mass is 9.94. The van der Waals surface area contributed by atoms with Crippen molar-refractivity contribution in [2.45, 2.75) is 19.6 Å². The fourth-order valence-electron chi connectivity index (χ4n) is 3.80. The van der Waals surface area contributed by atoms with E-state index in [2.05, 4.69) is 31.1 Å². The largest absolute Gasteiger partial charge is 0.489 e. The van der Waals surface area contributed by atoms with Gasteiger partial charge in [0.15, 0.2) is 0 Å². The molecule has 0 bridgehead atoms. The molecule has 3 heterocycles. The van der Waals surface area contributed by atoms with E-state index >= 15 is 0 Å². The van der Waals surface area contributed by atoms with Crippen LogP contribution in [-0.4, -0.2) is 31.1 Å². The first-order chi connectivity index (χ1) is 16.2. The summed E-state index contributed by atoms with van der Waals surface area (Å²) in [7, 11) is 0. The van der Waals surface area contributed by atoms with E-state index in [4.69, 9.17) is 4.74 Å². The fraction of sp³-hybridized carbons (Fsp3) is 0.125. The summed E-state index contributed by atoms with van der Waals surface area (Å²) in [5.74, 6) is 0.819. The van der Waals surface area contributed by atoms with Crippen LogP contribution in [0.4, 0.5) is 11.6 Å². The van der Waals surface area contributed by atoms with Gasteiger partial charge in [0.2, 0.25) is 5.95 Å². The average Bonchev–Trinajstić information content (AvgIpc) is 3.31. The molecule has 1 amide bonds. The Morgan fingerprint density at radius 2 is 1.91 bits per heavy atom. The van der Waals surface area contributed by atoms with Crippen molar-refractivity contribution in [2.75, 3.05) is 10.6 Å². The first-order valence-corrected chi connectivity index (χ1v) is 10.4. The number of nitrogens with one attached hydrogen (secondary N) is 2. The summed E-state index contributed by atoms with van der Waals surface area (Å²) in [6, 6.07) is 20.5. The van der Waals surface area contributed by atoms with Crippen LogP contribution < -0.4 is 15.4 Å². The zero-order valence-corrected chi connectivity index (χ0v) is 17.8. The van der Waals surface area contributed by atoms with Gasteiger partial charge in [-0.15, -0.1) is 0 Å². The lowest BCUT2D eigenvalue weighted by molar-refractivity contribution is -0.113. The molecule has 1 aliphatic rings. The Bertz CT molecular complexity index is 1300. The van der Waals surface area contributed by atoms with Crippen LogP contribution in [0, 0.1) is 0 Å². The number of rotatable bonds is 6. The van der Waals surface area contributed by atoms with Gasteiger partial charge in [0.05, 0.1) is 17.5 Å². The highest BCUT2D eigenvalue weighted by Crippen LogP contribution is 2.39. The summed E-state index contributed by atoms with van der Waals surface area (Å²) in [6.45, 7) is 2.22. The molecule has 9 heteroatoms.